The number of hydrogen-bond acceptors (Lipinski definition) is 1. The van der Waals surface area contributed by atoms with Gasteiger partial charge in [0.2, 0.25) is 0 Å². The van der Waals surface area contributed by atoms with E-state index in [0.717, 1.165) is 12.5 Å². The summed E-state index contributed by atoms with van der Waals surface area (Å²) in [6.07, 6.45) is 2.44. The number of rotatable bonds is 7. The maximum absolute atomic E-state index is 3.72. The highest BCUT2D eigenvalue weighted by Crippen LogP contribution is 2.25. The Morgan fingerprint density at radius 2 is 1.71 bits per heavy atom. The highest BCUT2D eigenvalue weighted by molar-refractivity contribution is 5.20. The van der Waals surface area contributed by atoms with Crippen molar-refractivity contribution in [2.75, 3.05) is 6.54 Å². The molecule has 3 atom stereocenters. The summed E-state index contributed by atoms with van der Waals surface area (Å²) in [7, 11) is 0. The second kappa shape index (κ2) is 7.50. The molecule has 0 aliphatic rings. The van der Waals surface area contributed by atoms with Crippen molar-refractivity contribution in [2.45, 2.75) is 52.5 Å². The van der Waals surface area contributed by atoms with Gasteiger partial charge in [0.25, 0.3) is 0 Å². The Balaban J connectivity index is 2.75. The molecule has 3 unspecified atom stereocenters. The van der Waals surface area contributed by atoms with Gasteiger partial charge in [-0.15, -0.1) is 0 Å². The van der Waals surface area contributed by atoms with Gasteiger partial charge in [0.15, 0.2) is 0 Å². The summed E-state index contributed by atoms with van der Waals surface area (Å²) in [6.45, 7) is 10.3. The fourth-order valence-corrected chi connectivity index (χ4v) is 2.40. The highest BCUT2D eigenvalue weighted by atomic mass is 14.9. The molecule has 0 heterocycles. The fraction of sp³-hybridized carbons (Fsp3) is 0.625. The molecule has 0 fully saturated rings. The lowest BCUT2D eigenvalue weighted by Crippen LogP contribution is -2.39. The van der Waals surface area contributed by atoms with Crippen molar-refractivity contribution in [3.05, 3.63) is 35.9 Å². The predicted molar refractivity (Wildman–Crippen MR) is 76.4 cm³/mol. The van der Waals surface area contributed by atoms with Gasteiger partial charge in [0, 0.05) is 6.04 Å². The minimum Gasteiger partial charge on any atom is -0.313 e. The Hall–Kier alpha value is -0.820. The van der Waals surface area contributed by atoms with E-state index in [9.17, 15) is 0 Å². The van der Waals surface area contributed by atoms with E-state index in [2.05, 4.69) is 63.3 Å². The number of benzene rings is 1. The van der Waals surface area contributed by atoms with Gasteiger partial charge in [-0.3, -0.25) is 0 Å². The first kappa shape index (κ1) is 14.2. The molecule has 1 heteroatoms. The van der Waals surface area contributed by atoms with Crippen LogP contribution in [0, 0.1) is 5.92 Å². The zero-order chi connectivity index (χ0) is 12.7. The lowest BCUT2D eigenvalue weighted by molar-refractivity contribution is 0.327. The molecular weight excluding hydrogens is 206 g/mol. The molecule has 96 valence electrons. The summed E-state index contributed by atoms with van der Waals surface area (Å²) < 4.78 is 0. The molecule has 0 aliphatic heterocycles. The van der Waals surface area contributed by atoms with Crippen molar-refractivity contribution in [1.82, 2.24) is 5.32 Å². The normalized spacial score (nSPS) is 16.5. The van der Waals surface area contributed by atoms with Gasteiger partial charge < -0.3 is 5.32 Å². The van der Waals surface area contributed by atoms with Crippen LogP contribution in [0.5, 0.6) is 0 Å². The van der Waals surface area contributed by atoms with Crippen LogP contribution in [0.1, 0.15) is 52.0 Å². The van der Waals surface area contributed by atoms with E-state index in [1.165, 1.54) is 18.4 Å². The topological polar surface area (TPSA) is 12.0 Å². The molecule has 0 amide bonds. The van der Waals surface area contributed by atoms with Gasteiger partial charge in [0.1, 0.15) is 0 Å². The van der Waals surface area contributed by atoms with E-state index in [1.807, 2.05) is 0 Å². The smallest absolute Gasteiger partial charge is 0.0159 e. The molecule has 1 aromatic rings. The van der Waals surface area contributed by atoms with E-state index in [0.29, 0.717) is 12.0 Å². The van der Waals surface area contributed by atoms with Crippen LogP contribution in [0.2, 0.25) is 0 Å². The molecular formula is C16H27N. The summed E-state index contributed by atoms with van der Waals surface area (Å²) >= 11 is 0. The molecule has 1 N–H and O–H groups in total. The summed E-state index contributed by atoms with van der Waals surface area (Å²) in [6, 6.07) is 11.4. The van der Waals surface area contributed by atoms with Gasteiger partial charge in [0.05, 0.1) is 0 Å². The quantitative estimate of drug-likeness (QED) is 0.744. The van der Waals surface area contributed by atoms with Crippen molar-refractivity contribution in [3.8, 4) is 0 Å². The van der Waals surface area contributed by atoms with Crippen LogP contribution in [-0.4, -0.2) is 12.6 Å². The second-order valence-electron chi connectivity index (χ2n) is 5.06. The zero-order valence-corrected chi connectivity index (χ0v) is 11.7. The average molecular weight is 233 g/mol. The third-order valence-corrected chi connectivity index (χ3v) is 3.75. The van der Waals surface area contributed by atoms with Crippen LogP contribution >= 0.6 is 0 Å². The Bertz CT molecular complexity index is 294. The van der Waals surface area contributed by atoms with Gasteiger partial charge in [-0.05, 0) is 30.4 Å². The van der Waals surface area contributed by atoms with Gasteiger partial charge in [-0.25, -0.2) is 0 Å². The summed E-state index contributed by atoms with van der Waals surface area (Å²) in [4.78, 5) is 0. The largest absolute Gasteiger partial charge is 0.313 e. The molecule has 0 radical (unpaired) electrons. The molecule has 1 nitrogen and oxygen atoms in total. The van der Waals surface area contributed by atoms with E-state index < -0.39 is 0 Å². The first-order valence-corrected chi connectivity index (χ1v) is 6.99. The van der Waals surface area contributed by atoms with Crippen molar-refractivity contribution in [2.24, 2.45) is 5.92 Å². The Kier molecular flexibility index (Phi) is 6.28. The van der Waals surface area contributed by atoms with Crippen LogP contribution in [0.3, 0.4) is 0 Å². The fourth-order valence-electron chi connectivity index (χ4n) is 2.40. The van der Waals surface area contributed by atoms with Gasteiger partial charge in [-0.1, -0.05) is 64.4 Å². The Morgan fingerprint density at radius 1 is 1.06 bits per heavy atom. The lowest BCUT2D eigenvalue weighted by atomic mass is 9.84. The minimum absolute atomic E-state index is 0.581. The third-order valence-electron chi connectivity index (χ3n) is 3.75. The first-order chi connectivity index (χ1) is 8.20. The van der Waals surface area contributed by atoms with Crippen LogP contribution in [0.25, 0.3) is 0 Å². The molecule has 0 saturated carbocycles. The van der Waals surface area contributed by atoms with Crippen molar-refractivity contribution in [1.29, 1.82) is 0 Å². The molecule has 0 bridgehead atoms. The van der Waals surface area contributed by atoms with E-state index in [4.69, 9.17) is 0 Å². The maximum atomic E-state index is 3.72. The average Bonchev–Trinajstić information content (AvgIpc) is 2.39. The predicted octanol–water partition coefficient (Wildman–Crippen LogP) is 4.20. The van der Waals surface area contributed by atoms with E-state index in [-0.39, 0.29) is 0 Å². The van der Waals surface area contributed by atoms with Crippen LogP contribution in [0.15, 0.2) is 30.3 Å². The highest BCUT2D eigenvalue weighted by Gasteiger charge is 2.22. The summed E-state index contributed by atoms with van der Waals surface area (Å²) in [5, 5.41) is 3.72. The van der Waals surface area contributed by atoms with Crippen LogP contribution < -0.4 is 5.32 Å². The molecule has 1 rings (SSSR count). The zero-order valence-electron chi connectivity index (χ0n) is 11.7. The second-order valence-corrected chi connectivity index (χ2v) is 5.06. The van der Waals surface area contributed by atoms with E-state index in [1.54, 1.807) is 0 Å². The number of hydrogen-bond donors (Lipinski definition) is 1. The molecule has 0 spiro atoms. The van der Waals surface area contributed by atoms with Crippen molar-refractivity contribution < 1.29 is 0 Å². The van der Waals surface area contributed by atoms with Crippen molar-refractivity contribution >= 4 is 0 Å². The van der Waals surface area contributed by atoms with Crippen LogP contribution in [-0.2, 0) is 0 Å². The van der Waals surface area contributed by atoms with E-state index >= 15 is 0 Å². The first-order valence-electron chi connectivity index (χ1n) is 6.99. The van der Waals surface area contributed by atoms with Crippen molar-refractivity contribution in [3.63, 3.8) is 0 Å². The summed E-state index contributed by atoms with van der Waals surface area (Å²) in [5.41, 5.74) is 1.45. The Labute approximate surface area is 107 Å². The molecule has 0 saturated heterocycles. The molecule has 0 aliphatic carbocycles. The maximum Gasteiger partial charge on any atom is 0.0159 e. The standard InChI is InChI=1S/C16H27N/c1-5-12-17-16(13(3)6-2)14(4)15-10-8-7-9-11-15/h7-11,13-14,16-17H,5-6,12H2,1-4H3. The lowest BCUT2D eigenvalue weighted by Gasteiger charge is -2.30. The third kappa shape index (κ3) is 4.16. The molecule has 1 aromatic carbocycles. The summed E-state index contributed by atoms with van der Waals surface area (Å²) in [5.74, 6) is 1.30. The van der Waals surface area contributed by atoms with Gasteiger partial charge in [-0.2, -0.15) is 0 Å². The minimum atomic E-state index is 0.581. The molecule has 17 heavy (non-hydrogen) atoms. The Morgan fingerprint density at radius 3 is 2.24 bits per heavy atom. The number of nitrogens with one attached hydrogen (secondary N) is 1. The van der Waals surface area contributed by atoms with Crippen LogP contribution in [0.4, 0.5) is 0 Å². The SMILES string of the molecule is CCCNC(C(C)CC)C(C)c1ccccc1. The molecule has 0 aromatic heterocycles. The van der Waals surface area contributed by atoms with Gasteiger partial charge >= 0.3 is 0 Å². The monoisotopic (exact) mass is 233 g/mol.